The molecule has 0 aliphatic rings. The Morgan fingerprint density at radius 1 is 1.06 bits per heavy atom. The van der Waals surface area contributed by atoms with E-state index in [2.05, 4.69) is 4.99 Å². The summed E-state index contributed by atoms with van der Waals surface area (Å²) in [6.45, 7) is 3.55. The van der Waals surface area contributed by atoms with Crippen molar-refractivity contribution in [1.29, 1.82) is 0 Å². The number of benzene rings is 2. The number of rotatable bonds is 5. The molecule has 3 aromatic rings. The number of nitro groups is 2. The van der Waals surface area contributed by atoms with Crippen LogP contribution in [0.15, 0.2) is 35.3 Å². The van der Waals surface area contributed by atoms with Gasteiger partial charge in [0, 0.05) is 12.1 Å². The average Bonchev–Trinajstić information content (AvgIpc) is 3.03. The number of carbonyl (C=O) groups excluding carboxylic acids is 2. The fourth-order valence-corrected chi connectivity index (χ4v) is 4.30. The van der Waals surface area contributed by atoms with Crippen molar-refractivity contribution in [2.24, 2.45) is 4.99 Å². The molecular formula is C19H16N4O7S. The Morgan fingerprint density at radius 2 is 1.68 bits per heavy atom. The van der Waals surface area contributed by atoms with E-state index in [-0.39, 0.29) is 16.9 Å². The second-order valence-corrected chi connectivity index (χ2v) is 7.65. The monoisotopic (exact) mass is 444 g/mol. The van der Waals surface area contributed by atoms with Gasteiger partial charge < -0.3 is 9.30 Å². The summed E-state index contributed by atoms with van der Waals surface area (Å²) in [6, 6.07) is 6.40. The maximum absolute atomic E-state index is 12.8. The summed E-state index contributed by atoms with van der Waals surface area (Å²) >= 11 is 1.15. The second kappa shape index (κ2) is 8.44. The van der Waals surface area contributed by atoms with Crippen molar-refractivity contribution < 1.29 is 24.2 Å². The number of non-ortho nitro benzene ring substituents is 2. The minimum Gasteiger partial charge on any atom is -0.468 e. The van der Waals surface area contributed by atoms with Crippen LogP contribution in [0.1, 0.15) is 21.5 Å². The molecule has 12 heteroatoms. The molecule has 0 saturated heterocycles. The molecule has 1 aromatic heterocycles. The third-order valence-corrected chi connectivity index (χ3v) is 5.42. The topological polar surface area (TPSA) is 147 Å². The Kier molecular flexibility index (Phi) is 5.92. The first-order valence-electron chi connectivity index (χ1n) is 8.81. The molecule has 0 unspecified atom stereocenters. The fourth-order valence-electron chi connectivity index (χ4n) is 3.10. The molecule has 1 amide bonds. The normalized spacial score (nSPS) is 11.5. The van der Waals surface area contributed by atoms with E-state index in [1.165, 1.54) is 11.7 Å². The first-order valence-corrected chi connectivity index (χ1v) is 9.62. The molecule has 0 aliphatic carbocycles. The van der Waals surface area contributed by atoms with E-state index in [1.807, 2.05) is 26.0 Å². The zero-order valence-electron chi connectivity index (χ0n) is 16.6. The number of carbonyl (C=O) groups is 2. The van der Waals surface area contributed by atoms with E-state index >= 15 is 0 Å². The molecule has 0 radical (unpaired) electrons. The van der Waals surface area contributed by atoms with Crippen LogP contribution in [0.4, 0.5) is 11.4 Å². The summed E-state index contributed by atoms with van der Waals surface area (Å²) in [7, 11) is 1.23. The molecule has 0 spiro atoms. The van der Waals surface area contributed by atoms with Crippen molar-refractivity contribution in [2.45, 2.75) is 20.4 Å². The van der Waals surface area contributed by atoms with E-state index in [9.17, 15) is 29.8 Å². The van der Waals surface area contributed by atoms with Crippen LogP contribution >= 0.6 is 11.3 Å². The predicted octanol–water partition coefficient (Wildman–Crippen LogP) is 3.05. The maximum Gasteiger partial charge on any atom is 0.325 e. The molecule has 1 heterocycles. The molecular weight excluding hydrogens is 428 g/mol. The van der Waals surface area contributed by atoms with Gasteiger partial charge in [0.25, 0.3) is 17.3 Å². The van der Waals surface area contributed by atoms with Gasteiger partial charge in [-0.1, -0.05) is 17.4 Å². The van der Waals surface area contributed by atoms with Gasteiger partial charge in [-0.3, -0.25) is 29.8 Å². The number of amides is 1. The number of fused-ring (bicyclic) bond motifs is 1. The minimum absolute atomic E-state index is 0.160. The number of nitrogens with zero attached hydrogens (tertiary/aromatic N) is 4. The molecule has 2 aromatic carbocycles. The number of esters is 1. The lowest BCUT2D eigenvalue weighted by Gasteiger charge is -2.06. The Labute approximate surface area is 178 Å². The summed E-state index contributed by atoms with van der Waals surface area (Å²) in [5.41, 5.74) is 1.02. The van der Waals surface area contributed by atoms with Crippen LogP contribution in [0, 0.1) is 34.1 Å². The summed E-state index contributed by atoms with van der Waals surface area (Å²) in [5.74, 6) is -1.47. The van der Waals surface area contributed by atoms with Crippen molar-refractivity contribution in [3.63, 3.8) is 0 Å². The SMILES string of the molecule is COC(=O)Cn1c(=NC(=O)c2cc([N+](=O)[O-])cc([N+](=O)[O-])c2)sc2cc(C)cc(C)c21. The Bertz CT molecular complexity index is 1290. The lowest BCUT2D eigenvalue weighted by atomic mass is 10.1. The predicted molar refractivity (Wildman–Crippen MR) is 111 cm³/mol. The average molecular weight is 444 g/mol. The smallest absolute Gasteiger partial charge is 0.325 e. The van der Waals surface area contributed by atoms with Gasteiger partial charge in [-0.05, 0) is 31.0 Å². The summed E-state index contributed by atoms with van der Waals surface area (Å²) < 4.78 is 7.03. The van der Waals surface area contributed by atoms with Crippen molar-refractivity contribution >= 4 is 44.8 Å². The van der Waals surface area contributed by atoms with Crippen LogP contribution in [0.5, 0.6) is 0 Å². The first kappa shape index (κ1) is 21.8. The van der Waals surface area contributed by atoms with Gasteiger partial charge >= 0.3 is 5.97 Å². The summed E-state index contributed by atoms with van der Waals surface area (Å²) in [4.78, 5) is 49.4. The molecule has 11 nitrogen and oxygen atoms in total. The van der Waals surface area contributed by atoms with Gasteiger partial charge in [0.05, 0.1) is 38.8 Å². The van der Waals surface area contributed by atoms with Crippen LogP contribution in [-0.4, -0.2) is 33.4 Å². The Hall–Kier alpha value is -3.93. The summed E-state index contributed by atoms with van der Waals surface area (Å²) in [6.07, 6.45) is 0. The summed E-state index contributed by atoms with van der Waals surface area (Å²) in [5, 5.41) is 22.2. The van der Waals surface area contributed by atoms with E-state index in [1.54, 1.807) is 0 Å². The quantitative estimate of drug-likeness (QED) is 0.334. The van der Waals surface area contributed by atoms with Crippen LogP contribution in [-0.2, 0) is 16.1 Å². The number of thiazole rings is 1. The van der Waals surface area contributed by atoms with Gasteiger partial charge in [-0.25, -0.2) is 0 Å². The van der Waals surface area contributed by atoms with Crippen molar-refractivity contribution in [2.75, 3.05) is 7.11 Å². The van der Waals surface area contributed by atoms with E-state index in [0.717, 1.165) is 45.4 Å². The minimum atomic E-state index is -0.911. The van der Waals surface area contributed by atoms with Crippen molar-refractivity contribution in [3.8, 4) is 0 Å². The molecule has 0 aliphatic heterocycles. The van der Waals surface area contributed by atoms with Crippen LogP contribution < -0.4 is 4.80 Å². The van der Waals surface area contributed by atoms with Crippen molar-refractivity contribution in [1.82, 2.24) is 4.57 Å². The zero-order chi connectivity index (χ0) is 22.9. The second-order valence-electron chi connectivity index (χ2n) is 6.64. The first-order chi connectivity index (χ1) is 14.6. The third kappa shape index (κ3) is 4.48. The van der Waals surface area contributed by atoms with Gasteiger partial charge in [-0.2, -0.15) is 4.99 Å². The number of methoxy groups -OCH3 is 1. The molecule has 0 fully saturated rings. The third-order valence-electron chi connectivity index (χ3n) is 4.40. The molecule has 3 rings (SSSR count). The lowest BCUT2D eigenvalue weighted by molar-refractivity contribution is -0.394. The Balaban J connectivity index is 2.22. The number of ether oxygens (including phenoxy) is 1. The number of nitro benzene ring substituents is 2. The highest BCUT2D eigenvalue weighted by molar-refractivity contribution is 7.16. The van der Waals surface area contributed by atoms with E-state index < -0.39 is 33.1 Å². The van der Waals surface area contributed by atoms with E-state index in [0.29, 0.717) is 5.52 Å². The number of hydrogen-bond acceptors (Lipinski definition) is 8. The van der Waals surface area contributed by atoms with Gasteiger partial charge in [0.15, 0.2) is 4.80 Å². The van der Waals surface area contributed by atoms with Gasteiger partial charge in [0.2, 0.25) is 0 Å². The molecule has 160 valence electrons. The molecule has 0 N–H and O–H groups in total. The molecule has 0 saturated carbocycles. The largest absolute Gasteiger partial charge is 0.468 e. The maximum atomic E-state index is 12.8. The highest BCUT2D eigenvalue weighted by atomic mass is 32.1. The number of aryl methyl sites for hydroxylation is 2. The highest BCUT2D eigenvalue weighted by Crippen LogP contribution is 2.25. The standard InChI is InChI=1S/C19H16N4O7S/c1-10-4-11(2)17-15(5-10)31-19(21(17)9-16(24)30-3)20-18(25)12-6-13(22(26)27)8-14(7-12)23(28)29/h4-8H,9H2,1-3H3. The highest BCUT2D eigenvalue weighted by Gasteiger charge is 2.20. The van der Waals surface area contributed by atoms with Crippen molar-refractivity contribution in [3.05, 3.63) is 72.1 Å². The molecule has 0 atom stereocenters. The Morgan fingerprint density at radius 3 is 2.23 bits per heavy atom. The van der Waals surface area contributed by atoms with Crippen LogP contribution in [0.2, 0.25) is 0 Å². The molecule has 0 bridgehead atoms. The van der Waals surface area contributed by atoms with Crippen LogP contribution in [0.25, 0.3) is 10.2 Å². The number of hydrogen-bond donors (Lipinski definition) is 0. The zero-order valence-corrected chi connectivity index (χ0v) is 17.5. The van der Waals surface area contributed by atoms with Gasteiger partial charge in [-0.15, -0.1) is 0 Å². The molecule has 31 heavy (non-hydrogen) atoms. The fraction of sp³-hybridized carbons (Fsp3) is 0.211. The van der Waals surface area contributed by atoms with Gasteiger partial charge in [0.1, 0.15) is 6.54 Å². The van der Waals surface area contributed by atoms with Crippen LogP contribution in [0.3, 0.4) is 0 Å². The van der Waals surface area contributed by atoms with E-state index in [4.69, 9.17) is 4.74 Å². The number of aromatic nitrogens is 1. The lowest BCUT2D eigenvalue weighted by Crippen LogP contribution is -2.22.